The maximum Gasteiger partial charge on any atom is 0.416 e. The molecule has 0 bridgehead atoms. The number of aliphatic hydroxyl groups is 1. The fraction of sp³-hybridized carbons (Fsp3) is 0.333. The van der Waals surface area contributed by atoms with Crippen molar-refractivity contribution in [3.05, 3.63) is 63.3 Å². The normalized spacial score (nSPS) is 17.3. The van der Waals surface area contributed by atoms with Gasteiger partial charge in [0, 0.05) is 23.7 Å². The Morgan fingerprint density at radius 3 is 2.41 bits per heavy atom. The summed E-state index contributed by atoms with van der Waals surface area (Å²) < 4.78 is 69.3. The highest BCUT2D eigenvalue weighted by Gasteiger charge is 2.42. The van der Waals surface area contributed by atoms with Crippen molar-refractivity contribution in [3.8, 4) is 11.4 Å². The lowest BCUT2D eigenvalue weighted by Crippen LogP contribution is -2.47. The molecule has 4 rings (SSSR count). The van der Waals surface area contributed by atoms with Crippen LogP contribution in [0.5, 0.6) is 0 Å². The van der Waals surface area contributed by atoms with E-state index in [-0.39, 0.29) is 22.1 Å². The van der Waals surface area contributed by atoms with E-state index >= 15 is 0 Å². The third kappa shape index (κ3) is 5.76. The number of amidine groups is 1. The van der Waals surface area contributed by atoms with E-state index < -0.39 is 49.0 Å². The molecule has 1 unspecified atom stereocenters. The van der Waals surface area contributed by atoms with Crippen LogP contribution in [0.15, 0.2) is 52.5 Å². The summed E-state index contributed by atoms with van der Waals surface area (Å²) in [6, 6.07) is 7.13. The maximum atomic E-state index is 14.4. The first kappa shape index (κ1) is 27.0. The highest BCUT2D eigenvalue weighted by atomic mass is 35.5. The average Bonchev–Trinajstić information content (AvgIpc) is 3.36. The van der Waals surface area contributed by atoms with E-state index in [0.717, 1.165) is 9.69 Å². The molecule has 2 N–H and O–H groups in total. The van der Waals surface area contributed by atoms with Crippen LogP contribution in [0.1, 0.15) is 6.92 Å². The number of aromatic nitrogens is 4. The molecule has 0 saturated heterocycles. The number of anilines is 1. The average molecular weight is 566 g/mol. The Labute approximate surface area is 215 Å². The van der Waals surface area contributed by atoms with Gasteiger partial charge < -0.3 is 5.11 Å². The molecule has 37 heavy (non-hydrogen) atoms. The zero-order valence-electron chi connectivity index (χ0n) is 18.8. The first-order valence-corrected chi connectivity index (χ1v) is 11.3. The molecule has 0 radical (unpaired) electrons. The number of rotatable bonds is 7. The second-order valence-electron chi connectivity index (χ2n) is 8.11. The third-order valence-corrected chi connectivity index (χ3v) is 5.83. The van der Waals surface area contributed by atoms with E-state index in [9.17, 15) is 31.9 Å². The van der Waals surface area contributed by atoms with E-state index in [1.807, 2.05) is 0 Å². The summed E-state index contributed by atoms with van der Waals surface area (Å²) in [5.41, 5.74) is 1.98. The summed E-state index contributed by atoms with van der Waals surface area (Å²) in [5.74, 6) is -4.35. The number of alkyl halides is 5. The highest BCUT2D eigenvalue weighted by molar-refractivity contribution is 6.34. The van der Waals surface area contributed by atoms with Crippen molar-refractivity contribution in [3.63, 3.8) is 0 Å². The quantitative estimate of drug-likeness (QED) is 0.423. The highest BCUT2D eigenvalue weighted by Crippen LogP contribution is 2.31. The number of benzene rings is 1. The number of hydrogen-bond acceptors (Lipinski definition) is 7. The van der Waals surface area contributed by atoms with Crippen LogP contribution in [0.4, 0.5) is 27.6 Å². The molecular formula is C21H18Cl2F5N7O2. The van der Waals surface area contributed by atoms with Crippen molar-refractivity contribution in [2.45, 2.75) is 44.4 Å². The van der Waals surface area contributed by atoms with Crippen molar-refractivity contribution in [2.75, 3.05) is 5.01 Å². The summed E-state index contributed by atoms with van der Waals surface area (Å²) in [6.07, 6.45) is -6.44. The van der Waals surface area contributed by atoms with E-state index in [1.165, 1.54) is 42.7 Å². The molecule has 0 spiro atoms. The molecule has 3 aromatic rings. The lowest BCUT2D eigenvalue weighted by Gasteiger charge is -2.24. The van der Waals surface area contributed by atoms with Gasteiger partial charge in [0.2, 0.25) is 0 Å². The van der Waals surface area contributed by atoms with Gasteiger partial charge in [0.25, 0.3) is 0 Å². The first-order valence-electron chi connectivity index (χ1n) is 10.6. The van der Waals surface area contributed by atoms with Gasteiger partial charge in [-0.2, -0.15) is 22.0 Å². The van der Waals surface area contributed by atoms with E-state index in [2.05, 4.69) is 20.5 Å². The Balaban J connectivity index is 1.71. The summed E-state index contributed by atoms with van der Waals surface area (Å²) >= 11 is 12.0. The molecule has 0 amide bonds. The maximum absolute atomic E-state index is 14.4. The summed E-state index contributed by atoms with van der Waals surface area (Å²) in [6.45, 7) is -0.967. The van der Waals surface area contributed by atoms with Crippen LogP contribution in [0.3, 0.4) is 0 Å². The predicted octanol–water partition coefficient (Wildman–Crippen LogP) is 3.74. The number of hydrazine groups is 1. The van der Waals surface area contributed by atoms with E-state index in [0.29, 0.717) is 16.5 Å². The molecule has 0 saturated carbocycles. The molecule has 2 aromatic heterocycles. The van der Waals surface area contributed by atoms with Gasteiger partial charge in [-0.15, -0.1) is 5.10 Å². The van der Waals surface area contributed by atoms with Crippen molar-refractivity contribution >= 4 is 34.7 Å². The lowest BCUT2D eigenvalue weighted by atomic mass is 10.2. The number of nitrogens with zero attached hydrogens (tertiary/aromatic N) is 6. The van der Waals surface area contributed by atoms with Crippen LogP contribution in [0.25, 0.3) is 11.4 Å². The van der Waals surface area contributed by atoms with Gasteiger partial charge in [0.1, 0.15) is 6.17 Å². The Hall–Kier alpha value is -3.07. The van der Waals surface area contributed by atoms with Crippen LogP contribution in [-0.2, 0) is 13.1 Å². The van der Waals surface area contributed by atoms with E-state index in [4.69, 9.17) is 23.2 Å². The Bertz CT molecular complexity index is 1370. The van der Waals surface area contributed by atoms with E-state index in [1.54, 1.807) is 0 Å². The number of aliphatic imine (C=N–C) groups is 1. The van der Waals surface area contributed by atoms with Crippen LogP contribution in [0, 0.1) is 0 Å². The smallest absolute Gasteiger partial charge is 0.382 e. The predicted molar refractivity (Wildman–Crippen MR) is 126 cm³/mol. The minimum absolute atomic E-state index is 0.0694. The van der Waals surface area contributed by atoms with Crippen LogP contribution < -0.4 is 16.1 Å². The molecular weight excluding hydrogens is 548 g/mol. The zero-order chi connectivity index (χ0) is 27.1. The second kappa shape index (κ2) is 10.0. The van der Waals surface area contributed by atoms with Gasteiger partial charge in [-0.25, -0.2) is 19.9 Å². The van der Waals surface area contributed by atoms with Crippen LogP contribution >= 0.6 is 23.2 Å². The number of aliphatic hydroxyl groups excluding tert-OH is 1. The molecule has 198 valence electrons. The number of pyridine rings is 1. The summed E-state index contributed by atoms with van der Waals surface area (Å²) in [4.78, 5) is 20.9. The molecule has 2 atom stereocenters. The molecule has 0 fully saturated rings. The fourth-order valence-corrected chi connectivity index (χ4v) is 3.85. The molecule has 1 aliphatic heterocycles. The zero-order valence-corrected chi connectivity index (χ0v) is 20.3. The molecule has 9 nitrogen and oxygen atoms in total. The molecule has 16 heteroatoms. The topological polar surface area (TPSA) is 101 Å². The van der Waals surface area contributed by atoms with Gasteiger partial charge in [-0.3, -0.25) is 14.6 Å². The Morgan fingerprint density at radius 1 is 1.14 bits per heavy atom. The van der Waals surface area contributed by atoms with Gasteiger partial charge in [0.15, 0.2) is 17.8 Å². The van der Waals surface area contributed by atoms with Crippen LogP contribution in [-0.4, -0.2) is 54.6 Å². The largest absolute Gasteiger partial charge is 0.416 e. The molecule has 3 heterocycles. The summed E-state index contributed by atoms with van der Waals surface area (Å²) in [7, 11) is 0. The standard InChI is InChI=1S/C21H18Cl2F5N7O2/c1-20(24,25)18-30-16(31-35(18)14-8-29-7-6-13(14)23)10-34-19(37)33(9-15(36)21(26,27)28)17(32-34)11-2-4-12(22)5-3-11/h2-8,15-16,31,36H,9-10H2,1H3/t15-,16?/m0/s1. The molecule has 1 aromatic carbocycles. The molecule has 1 aliphatic rings. The number of halogens is 7. The van der Waals surface area contributed by atoms with Crippen LogP contribution in [0.2, 0.25) is 10.0 Å². The summed E-state index contributed by atoms with van der Waals surface area (Å²) in [5, 5.41) is 15.0. The van der Waals surface area contributed by atoms with Gasteiger partial charge in [-0.05, 0) is 30.3 Å². The minimum Gasteiger partial charge on any atom is -0.382 e. The first-order chi connectivity index (χ1) is 17.3. The second-order valence-corrected chi connectivity index (χ2v) is 8.96. The lowest BCUT2D eigenvalue weighted by molar-refractivity contribution is -0.207. The number of hydrogen-bond donors (Lipinski definition) is 2. The van der Waals surface area contributed by atoms with Gasteiger partial charge in [-0.1, -0.05) is 23.2 Å². The van der Waals surface area contributed by atoms with Gasteiger partial charge >= 0.3 is 17.8 Å². The number of nitrogens with one attached hydrogen (secondary N) is 1. The van der Waals surface area contributed by atoms with Crippen molar-refractivity contribution in [2.24, 2.45) is 4.99 Å². The van der Waals surface area contributed by atoms with Crippen molar-refractivity contribution in [1.82, 2.24) is 24.8 Å². The monoisotopic (exact) mass is 565 g/mol. The Kier molecular flexibility index (Phi) is 7.29. The minimum atomic E-state index is -5.00. The third-order valence-electron chi connectivity index (χ3n) is 5.25. The van der Waals surface area contributed by atoms with Gasteiger partial charge in [0.05, 0.1) is 30.0 Å². The molecule has 0 aliphatic carbocycles. The van der Waals surface area contributed by atoms with Crippen molar-refractivity contribution < 1.29 is 27.1 Å². The van der Waals surface area contributed by atoms with Crippen molar-refractivity contribution in [1.29, 1.82) is 0 Å². The Morgan fingerprint density at radius 2 is 1.81 bits per heavy atom. The SMILES string of the molecule is CC(F)(F)C1=NC(Cn2nc(-c3ccc(Cl)cc3)n(C[C@H](O)C(F)(F)F)c2=O)NN1c1cnccc1Cl. The fourth-order valence-electron chi connectivity index (χ4n) is 3.53.